The summed E-state index contributed by atoms with van der Waals surface area (Å²) in [5.74, 6) is 1.02. The molecule has 25 heavy (non-hydrogen) atoms. The Hall–Kier alpha value is -0.830. The second-order valence-electron chi connectivity index (χ2n) is 9.91. The highest BCUT2D eigenvalue weighted by Crippen LogP contribution is 2.65. The molecule has 0 unspecified atom stereocenters. The van der Waals surface area contributed by atoms with Crippen molar-refractivity contribution in [2.24, 2.45) is 22.7 Å². The normalized spacial score (nSPS) is 49.6. The summed E-state index contributed by atoms with van der Waals surface area (Å²) in [7, 11) is 0. The number of esters is 1. The molecule has 0 amide bonds. The number of hydrogen-bond acceptors (Lipinski definition) is 3. The quantitative estimate of drug-likeness (QED) is 0.514. The Bertz CT molecular complexity index is 557. The maximum Gasteiger partial charge on any atom is 0.302 e. The number of rotatable bonds is 3. The second kappa shape index (κ2) is 6.11. The molecule has 1 heterocycles. The van der Waals surface area contributed by atoms with Crippen LogP contribution in [0, 0.1) is 22.7 Å². The van der Waals surface area contributed by atoms with Crippen LogP contribution < -0.4 is 0 Å². The molecule has 3 heteroatoms. The third kappa shape index (κ3) is 3.07. The van der Waals surface area contributed by atoms with Crippen molar-refractivity contribution >= 4 is 5.97 Å². The Balaban J connectivity index is 1.88. The number of hydrogen-bond donors (Lipinski definition) is 0. The van der Waals surface area contributed by atoms with E-state index in [0.717, 1.165) is 25.7 Å². The van der Waals surface area contributed by atoms with E-state index in [9.17, 15) is 4.79 Å². The lowest BCUT2D eigenvalue weighted by molar-refractivity contribution is -0.256. The predicted octanol–water partition coefficient (Wildman–Crippen LogP) is 5.29. The summed E-state index contributed by atoms with van der Waals surface area (Å²) in [6, 6.07) is 0. The third-order valence-electron chi connectivity index (χ3n) is 8.00. The maximum absolute atomic E-state index is 11.4. The Morgan fingerprint density at radius 3 is 2.44 bits per heavy atom. The summed E-state index contributed by atoms with van der Waals surface area (Å²) in [6.07, 6.45) is 10.2. The number of carbonyl (C=O) groups excluding carboxylic acids is 1. The SMILES string of the molecule is C=C[C@@]1(C)CC[C@H]2[C@@]3(C)CCC[C@@](C)(COC(C)=O)[C@H]3CC[C@@]2(C)O1. The van der Waals surface area contributed by atoms with Crippen molar-refractivity contribution in [1.29, 1.82) is 0 Å². The van der Waals surface area contributed by atoms with Gasteiger partial charge in [-0.1, -0.05) is 26.3 Å². The Kier molecular flexibility index (Phi) is 4.63. The lowest BCUT2D eigenvalue weighted by Crippen LogP contribution is -2.63. The monoisotopic (exact) mass is 348 g/mol. The van der Waals surface area contributed by atoms with Crippen LogP contribution in [0.15, 0.2) is 12.7 Å². The first-order valence-corrected chi connectivity index (χ1v) is 10.0. The highest BCUT2D eigenvalue weighted by molar-refractivity contribution is 5.65. The average Bonchev–Trinajstić information content (AvgIpc) is 2.52. The van der Waals surface area contributed by atoms with Crippen LogP contribution in [0.3, 0.4) is 0 Å². The van der Waals surface area contributed by atoms with Crippen molar-refractivity contribution in [2.75, 3.05) is 6.61 Å². The first-order chi connectivity index (χ1) is 11.6. The van der Waals surface area contributed by atoms with Gasteiger partial charge in [-0.15, -0.1) is 6.58 Å². The van der Waals surface area contributed by atoms with E-state index < -0.39 is 0 Å². The van der Waals surface area contributed by atoms with Gasteiger partial charge in [0.1, 0.15) is 0 Å². The van der Waals surface area contributed by atoms with Crippen LogP contribution in [-0.2, 0) is 14.3 Å². The van der Waals surface area contributed by atoms with Gasteiger partial charge in [-0.05, 0) is 69.6 Å². The zero-order valence-corrected chi connectivity index (χ0v) is 16.8. The van der Waals surface area contributed by atoms with E-state index in [1.54, 1.807) is 0 Å². The van der Waals surface area contributed by atoms with E-state index in [1.165, 1.54) is 26.2 Å². The van der Waals surface area contributed by atoms with Gasteiger partial charge in [0.15, 0.2) is 0 Å². The molecule has 3 aliphatic rings. The molecule has 1 aliphatic heterocycles. The molecular weight excluding hydrogens is 312 g/mol. The summed E-state index contributed by atoms with van der Waals surface area (Å²) in [6.45, 7) is 15.5. The van der Waals surface area contributed by atoms with Crippen molar-refractivity contribution in [1.82, 2.24) is 0 Å². The lowest BCUT2D eigenvalue weighted by Gasteiger charge is -2.65. The molecule has 1 saturated heterocycles. The molecular formula is C22H36O3. The van der Waals surface area contributed by atoms with Crippen LogP contribution >= 0.6 is 0 Å². The van der Waals surface area contributed by atoms with Gasteiger partial charge >= 0.3 is 5.97 Å². The van der Waals surface area contributed by atoms with Crippen molar-refractivity contribution in [3.05, 3.63) is 12.7 Å². The van der Waals surface area contributed by atoms with Gasteiger partial charge in [0, 0.05) is 12.3 Å². The first-order valence-electron chi connectivity index (χ1n) is 10.0. The fraction of sp³-hybridized carbons (Fsp3) is 0.864. The van der Waals surface area contributed by atoms with Crippen molar-refractivity contribution in [2.45, 2.75) is 90.8 Å². The van der Waals surface area contributed by atoms with Crippen LogP contribution in [0.2, 0.25) is 0 Å². The maximum atomic E-state index is 11.4. The van der Waals surface area contributed by atoms with Gasteiger partial charge in [0.25, 0.3) is 0 Å². The molecule has 142 valence electrons. The first kappa shape index (κ1) is 18.9. The Morgan fingerprint density at radius 1 is 1.12 bits per heavy atom. The van der Waals surface area contributed by atoms with Crippen LogP contribution in [-0.4, -0.2) is 23.8 Å². The third-order valence-corrected chi connectivity index (χ3v) is 8.00. The molecule has 0 N–H and O–H groups in total. The molecule has 3 nitrogen and oxygen atoms in total. The topological polar surface area (TPSA) is 35.5 Å². The van der Waals surface area contributed by atoms with Gasteiger partial charge in [-0.25, -0.2) is 0 Å². The molecule has 3 rings (SSSR count). The van der Waals surface area contributed by atoms with E-state index in [2.05, 4.69) is 34.3 Å². The van der Waals surface area contributed by atoms with E-state index in [-0.39, 0.29) is 28.0 Å². The lowest BCUT2D eigenvalue weighted by atomic mass is 9.44. The molecule has 2 aliphatic carbocycles. The smallest absolute Gasteiger partial charge is 0.302 e. The number of carbonyl (C=O) groups is 1. The van der Waals surface area contributed by atoms with E-state index in [1.807, 2.05) is 6.08 Å². The summed E-state index contributed by atoms with van der Waals surface area (Å²) in [4.78, 5) is 11.4. The second-order valence-corrected chi connectivity index (χ2v) is 9.91. The summed E-state index contributed by atoms with van der Waals surface area (Å²) >= 11 is 0. The fourth-order valence-electron chi connectivity index (χ4n) is 6.77. The van der Waals surface area contributed by atoms with Crippen molar-refractivity contribution in [3.63, 3.8) is 0 Å². The molecule has 0 aromatic rings. The minimum Gasteiger partial charge on any atom is -0.465 e. The molecule has 0 aromatic heterocycles. The zero-order valence-electron chi connectivity index (χ0n) is 16.8. The van der Waals surface area contributed by atoms with Gasteiger partial charge < -0.3 is 9.47 Å². The van der Waals surface area contributed by atoms with Crippen molar-refractivity contribution < 1.29 is 14.3 Å². The summed E-state index contributed by atoms with van der Waals surface area (Å²) in [5.41, 5.74) is 0.109. The largest absolute Gasteiger partial charge is 0.465 e. The summed E-state index contributed by atoms with van der Waals surface area (Å²) < 4.78 is 12.2. The Morgan fingerprint density at radius 2 is 1.80 bits per heavy atom. The minimum atomic E-state index is -0.190. The van der Waals surface area contributed by atoms with E-state index in [4.69, 9.17) is 9.47 Å². The molecule has 6 atom stereocenters. The highest BCUT2D eigenvalue weighted by Gasteiger charge is 2.62. The molecule has 2 saturated carbocycles. The van der Waals surface area contributed by atoms with Crippen LogP contribution in [0.4, 0.5) is 0 Å². The number of ether oxygens (including phenoxy) is 2. The zero-order chi connectivity index (χ0) is 18.5. The predicted molar refractivity (Wildman–Crippen MR) is 100 cm³/mol. The van der Waals surface area contributed by atoms with Gasteiger partial charge in [0.2, 0.25) is 0 Å². The van der Waals surface area contributed by atoms with Crippen LogP contribution in [0.1, 0.15) is 79.6 Å². The van der Waals surface area contributed by atoms with E-state index in [0.29, 0.717) is 18.4 Å². The van der Waals surface area contributed by atoms with E-state index >= 15 is 0 Å². The highest BCUT2D eigenvalue weighted by atomic mass is 16.5. The standard InChI is InChI=1S/C22H36O3/c1-7-20(4)13-9-18-21(5)12-8-11-19(3,15-24-16(2)23)17(21)10-14-22(18,6)25-20/h7,17-18H,1,8-15H2,2-6H3/t17-,18+,19+,20+,21+,22-/m1/s1. The van der Waals surface area contributed by atoms with Crippen LogP contribution in [0.5, 0.6) is 0 Å². The fourth-order valence-corrected chi connectivity index (χ4v) is 6.77. The van der Waals surface area contributed by atoms with Gasteiger partial charge in [-0.3, -0.25) is 4.79 Å². The van der Waals surface area contributed by atoms with Crippen LogP contribution in [0.25, 0.3) is 0 Å². The van der Waals surface area contributed by atoms with Crippen molar-refractivity contribution in [3.8, 4) is 0 Å². The summed E-state index contributed by atoms with van der Waals surface area (Å²) in [5, 5.41) is 0. The van der Waals surface area contributed by atoms with Gasteiger partial charge in [-0.2, -0.15) is 0 Å². The number of fused-ring (bicyclic) bond motifs is 3. The van der Waals surface area contributed by atoms with Gasteiger partial charge in [0.05, 0.1) is 17.8 Å². The minimum absolute atomic E-state index is 0.0634. The molecule has 0 bridgehead atoms. The Labute approximate surface area is 153 Å². The molecule has 0 radical (unpaired) electrons. The average molecular weight is 349 g/mol. The molecule has 3 fully saturated rings. The molecule has 0 spiro atoms. The molecule has 0 aromatic carbocycles.